The molecule has 1 nitrogen and oxygen atoms in total. The summed E-state index contributed by atoms with van der Waals surface area (Å²) in [5.74, 6) is 0. The lowest BCUT2D eigenvalue weighted by atomic mass is 9.84. The molecule has 0 fully saturated rings. The second-order valence-electron chi connectivity index (χ2n) is 12.3. The van der Waals surface area contributed by atoms with Crippen LogP contribution < -0.4 is 0 Å². The van der Waals surface area contributed by atoms with Crippen molar-refractivity contribution in [3.8, 4) is 44.5 Å². The van der Waals surface area contributed by atoms with Crippen LogP contribution in [-0.4, -0.2) is 0 Å². The highest BCUT2D eigenvalue weighted by molar-refractivity contribution is 6.24. The Kier molecular flexibility index (Phi) is 5.02. The zero-order valence-corrected chi connectivity index (χ0v) is 26.3. The van der Waals surface area contributed by atoms with Crippen LogP contribution in [-0.2, 0) is 0 Å². The summed E-state index contributed by atoms with van der Waals surface area (Å²) in [4.78, 5) is 0. The Morgan fingerprint density at radius 1 is 0.347 bits per heavy atom. The Bertz CT molecular complexity index is 3150. The van der Waals surface area contributed by atoms with E-state index in [4.69, 9.17) is 7.16 Å². The van der Waals surface area contributed by atoms with E-state index in [0.29, 0.717) is 22.3 Å². The van der Waals surface area contributed by atoms with E-state index in [1.54, 1.807) is 0 Å². The first kappa shape index (κ1) is 22.2. The van der Waals surface area contributed by atoms with Crippen LogP contribution in [0.15, 0.2) is 186 Å². The third-order valence-electron chi connectivity index (χ3n) is 9.61. The molecule has 0 N–H and O–H groups in total. The lowest BCUT2D eigenvalue weighted by molar-refractivity contribution is 0.670. The van der Waals surface area contributed by atoms with Crippen molar-refractivity contribution in [3.63, 3.8) is 0 Å². The molecule has 0 saturated carbocycles. The molecule has 1 heterocycles. The Hall–Kier alpha value is -6.44. The largest absolute Gasteiger partial charge is 0.455 e. The predicted molar refractivity (Wildman–Crippen MR) is 208 cm³/mol. The van der Waals surface area contributed by atoms with E-state index in [9.17, 15) is 5.48 Å². The van der Waals surface area contributed by atoms with Crippen molar-refractivity contribution < 1.29 is 12.6 Å². The van der Waals surface area contributed by atoms with Crippen LogP contribution in [0.1, 0.15) is 8.22 Å². The van der Waals surface area contributed by atoms with Gasteiger partial charge < -0.3 is 4.42 Å². The summed E-state index contributed by atoms with van der Waals surface area (Å²) in [6, 6.07) is 46.2. The molecule has 1 aromatic heterocycles. The van der Waals surface area contributed by atoms with Gasteiger partial charge in [-0.3, -0.25) is 0 Å². The molecule has 0 atom stereocenters. The number of rotatable bonds is 4. The fourth-order valence-electron chi connectivity index (χ4n) is 7.45. The maximum absolute atomic E-state index is 9.79. The monoisotopic (exact) mass is 628 g/mol. The highest BCUT2D eigenvalue weighted by Crippen LogP contribution is 2.47. The molecular formula is C48H30O. The molecule has 0 saturated heterocycles. The summed E-state index contributed by atoms with van der Waals surface area (Å²) >= 11 is 0. The summed E-state index contributed by atoms with van der Waals surface area (Å²) in [7, 11) is 0. The summed E-state index contributed by atoms with van der Waals surface area (Å²) in [6.45, 7) is 0. The summed E-state index contributed by atoms with van der Waals surface area (Å²) in [5, 5.41) is 5.66. The third kappa shape index (κ3) is 4.33. The molecule has 1 heteroatoms. The minimum absolute atomic E-state index is 0.112. The van der Waals surface area contributed by atoms with E-state index < -0.39 is 6.04 Å². The molecular weight excluding hydrogens is 593 g/mol. The predicted octanol–water partition coefficient (Wildman–Crippen LogP) is 13.7. The van der Waals surface area contributed by atoms with E-state index in [2.05, 4.69) is 24.3 Å². The first-order chi connectivity index (χ1) is 26.8. The average Bonchev–Trinajstić information content (AvgIpc) is 3.61. The number of hydrogen-bond acceptors (Lipinski definition) is 1. The highest BCUT2D eigenvalue weighted by Gasteiger charge is 2.19. The number of furan rings is 1. The van der Waals surface area contributed by atoms with Crippen LogP contribution in [0.25, 0.3) is 98.8 Å². The molecule has 0 aliphatic rings. The number of para-hydroxylation sites is 1. The van der Waals surface area contributed by atoms with E-state index in [1.807, 2.05) is 121 Å². The van der Waals surface area contributed by atoms with Gasteiger partial charge >= 0.3 is 0 Å². The van der Waals surface area contributed by atoms with Crippen LogP contribution in [0, 0.1) is 0 Å². The van der Waals surface area contributed by atoms with E-state index in [1.165, 1.54) is 0 Å². The molecule has 10 aromatic rings. The SMILES string of the molecule is [2H]c1c([2H])c([2H])c2c(-c3c4ccccc4c(-c4ccccc4)c4ccccc34)c([2H])c([2H])c(-c3ccc4oc5c(-c6ccccc6)cccc5c4c3)c2c1[2H]. The van der Waals surface area contributed by atoms with E-state index in [-0.39, 0.29) is 46.5 Å². The van der Waals surface area contributed by atoms with Crippen LogP contribution >= 0.6 is 0 Å². The Morgan fingerprint density at radius 2 is 0.898 bits per heavy atom. The molecule has 0 unspecified atom stereocenters. The fourth-order valence-corrected chi connectivity index (χ4v) is 7.45. The van der Waals surface area contributed by atoms with Gasteiger partial charge in [0.25, 0.3) is 0 Å². The van der Waals surface area contributed by atoms with Crippen LogP contribution in [0.5, 0.6) is 0 Å². The van der Waals surface area contributed by atoms with Gasteiger partial charge in [0, 0.05) is 16.3 Å². The van der Waals surface area contributed by atoms with Gasteiger partial charge in [0.15, 0.2) is 0 Å². The van der Waals surface area contributed by atoms with Crippen molar-refractivity contribution in [2.24, 2.45) is 0 Å². The maximum atomic E-state index is 9.79. The quantitative estimate of drug-likeness (QED) is 0.177. The maximum Gasteiger partial charge on any atom is 0.143 e. The first-order valence-corrected chi connectivity index (χ1v) is 16.4. The normalized spacial score (nSPS) is 13.4. The van der Waals surface area contributed by atoms with Crippen molar-refractivity contribution in [2.75, 3.05) is 0 Å². The standard InChI is InChI=1S/C48H30O/c1-3-14-31(15-4-1)35-24-13-25-43-44-30-33(26-29-45(44)49-48(35)43)34-27-28-42(37-19-8-7-18-36(34)37)47-40-22-11-9-20-38(40)46(32-16-5-2-6-17-32)39-21-10-12-23-41(39)47/h1-30H/i7D,8D,18D,19D,27D,28D. The van der Waals surface area contributed by atoms with Gasteiger partial charge in [0.05, 0.1) is 8.22 Å². The molecule has 49 heavy (non-hydrogen) atoms. The zero-order valence-electron chi connectivity index (χ0n) is 32.3. The van der Waals surface area contributed by atoms with Crippen LogP contribution in [0.3, 0.4) is 0 Å². The molecule has 0 radical (unpaired) electrons. The second kappa shape index (κ2) is 11.1. The van der Waals surface area contributed by atoms with Gasteiger partial charge in [-0.2, -0.15) is 0 Å². The minimum Gasteiger partial charge on any atom is -0.455 e. The summed E-state index contributed by atoms with van der Waals surface area (Å²) in [5.41, 5.74) is 7.24. The van der Waals surface area contributed by atoms with Crippen molar-refractivity contribution in [1.82, 2.24) is 0 Å². The summed E-state index contributed by atoms with van der Waals surface area (Å²) < 4.78 is 62.4. The van der Waals surface area contributed by atoms with E-state index >= 15 is 0 Å². The molecule has 0 aliphatic carbocycles. The van der Waals surface area contributed by atoms with Gasteiger partial charge in [-0.15, -0.1) is 0 Å². The average molecular weight is 629 g/mol. The first-order valence-electron chi connectivity index (χ1n) is 19.4. The van der Waals surface area contributed by atoms with Gasteiger partial charge in [0.2, 0.25) is 0 Å². The van der Waals surface area contributed by atoms with Crippen molar-refractivity contribution in [3.05, 3.63) is 182 Å². The zero-order chi connectivity index (χ0) is 37.5. The fraction of sp³-hybridized carbons (Fsp3) is 0. The molecule has 0 amide bonds. The molecule has 9 aromatic carbocycles. The minimum atomic E-state index is -0.390. The molecule has 10 rings (SSSR count). The second-order valence-corrected chi connectivity index (χ2v) is 12.3. The topological polar surface area (TPSA) is 13.1 Å². The van der Waals surface area contributed by atoms with Crippen molar-refractivity contribution in [1.29, 1.82) is 0 Å². The molecule has 0 spiro atoms. The number of benzene rings is 9. The van der Waals surface area contributed by atoms with Gasteiger partial charge in [-0.1, -0.05) is 170 Å². The lowest BCUT2D eigenvalue weighted by Gasteiger charge is -2.19. The summed E-state index contributed by atoms with van der Waals surface area (Å²) in [6.07, 6.45) is 0. The van der Waals surface area contributed by atoms with E-state index in [0.717, 1.165) is 60.2 Å². The smallest absolute Gasteiger partial charge is 0.143 e. The van der Waals surface area contributed by atoms with Gasteiger partial charge in [-0.05, 0) is 83.4 Å². The highest BCUT2D eigenvalue weighted by atomic mass is 16.3. The third-order valence-corrected chi connectivity index (χ3v) is 9.61. The van der Waals surface area contributed by atoms with Crippen LogP contribution in [0.4, 0.5) is 0 Å². The Morgan fingerprint density at radius 3 is 1.57 bits per heavy atom. The van der Waals surface area contributed by atoms with Crippen molar-refractivity contribution in [2.45, 2.75) is 0 Å². The van der Waals surface area contributed by atoms with Gasteiger partial charge in [-0.25, -0.2) is 0 Å². The molecule has 228 valence electrons. The van der Waals surface area contributed by atoms with Crippen molar-refractivity contribution >= 4 is 54.3 Å². The lowest BCUT2D eigenvalue weighted by Crippen LogP contribution is -1.92. The molecule has 0 aliphatic heterocycles. The Labute approximate surface area is 292 Å². The molecule has 0 bridgehead atoms. The Balaban J connectivity index is 1.32. The van der Waals surface area contributed by atoms with Gasteiger partial charge in [0.1, 0.15) is 11.2 Å². The number of fused-ring (bicyclic) bond motifs is 6. The van der Waals surface area contributed by atoms with Crippen LogP contribution in [0.2, 0.25) is 0 Å². The number of hydrogen-bond donors (Lipinski definition) is 0.